The third kappa shape index (κ3) is 5.07. The first-order valence-corrected chi connectivity index (χ1v) is 9.77. The number of aliphatic carboxylic acids is 1. The molecule has 0 spiro atoms. The molecular weight excluding hydrogens is 388 g/mol. The van der Waals surface area contributed by atoms with Crippen LogP contribution in [0.2, 0.25) is 0 Å². The molecule has 1 saturated carbocycles. The van der Waals surface area contributed by atoms with E-state index in [2.05, 4.69) is 15.5 Å². The zero-order valence-corrected chi connectivity index (χ0v) is 15.8. The lowest BCUT2D eigenvalue weighted by atomic mass is 9.95. The summed E-state index contributed by atoms with van der Waals surface area (Å²) in [7, 11) is 0. The van der Waals surface area contributed by atoms with Gasteiger partial charge in [0.1, 0.15) is 18.3 Å². The molecule has 0 aromatic carbocycles. The van der Waals surface area contributed by atoms with Gasteiger partial charge < -0.3 is 29.9 Å². The Morgan fingerprint density at radius 3 is 2.52 bits per heavy atom. The molecule has 12 heteroatoms. The van der Waals surface area contributed by atoms with E-state index < -0.39 is 42.6 Å². The number of carboxylic acids is 1. The van der Waals surface area contributed by atoms with Crippen molar-refractivity contribution in [1.29, 1.82) is 0 Å². The Bertz CT molecular complexity index is 707. The van der Waals surface area contributed by atoms with Gasteiger partial charge in [0, 0.05) is 12.8 Å². The normalized spacial score (nSPS) is 30.8. The topological polar surface area (TPSA) is 177 Å². The number of nitrogens with zero attached hydrogens (tertiary/aromatic N) is 4. The van der Waals surface area contributed by atoms with E-state index in [1.165, 1.54) is 6.42 Å². The summed E-state index contributed by atoms with van der Waals surface area (Å²) in [5.74, 6) is -1.60. The Balaban J connectivity index is 1.49. The Morgan fingerprint density at radius 1 is 1.10 bits per heavy atom. The lowest BCUT2D eigenvalue weighted by molar-refractivity contribution is -0.286. The van der Waals surface area contributed by atoms with E-state index in [4.69, 9.17) is 14.6 Å². The summed E-state index contributed by atoms with van der Waals surface area (Å²) < 4.78 is 11.7. The summed E-state index contributed by atoms with van der Waals surface area (Å²) in [6.45, 7) is 0. The molecule has 4 N–H and O–H groups in total. The summed E-state index contributed by atoms with van der Waals surface area (Å²) >= 11 is 0. The minimum Gasteiger partial charge on any atom is -0.479 e. The Hall–Kier alpha value is -2.15. The minimum absolute atomic E-state index is 0.0412. The van der Waals surface area contributed by atoms with Gasteiger partial charge in [0.15, 0.2) is 11.9 Å². The number of carbonyl (C=O) groups excluding carboxylic acids is 1. The number of carboxylic acid groups (broad SMARTS) is 1. The fraction of sp³-hybridized carbons (Fsp3) is 0.824. The lowest BCUT2D eigenvalue weighted by Gasteiger charge is -2.37. The van der Waals surface area contributed by atoms with Gasteiger partial charge in [0.2, 0.25) is 6.29 Å². The number of aryl methyl sites for hydroxylation is 1. The minimum atomic E-state index is -1.84. The molecular formula is C17H26N4O8. The maximum absolute atomic E-state index is 12.1. The van der Waals surface area contributed by atoms with Crippen molar-refractivity contribution in [3.8, 4) is 0 Å². The standard InChI is InChI=1S/C17H26N4O8/c22-11(28-17-14(25)12(23)13(24)15(29-17)16(26)27)8-4-7-10-18-19-20-21(10)9-5-2-1-3-6-9/h9,12-15,17,23-25H,1-8H2,(H,26,27). The smallest absolute Gasteiger partial charge is 0.335 e. The number of hydrogen-bond donors (Lipinski definition) is 4. The molecule has 5 unspecified atom stereocenters. The maximum Gasteiger partial charge on any atom is 0.335 e. The predicted molar refractivity (Wildman–Crippen MR) is 93.3 cm³/mol. The highest BCUT2D eigenvalue weighted by molar-refractivity contribution is 5.73. The summed E-state index contributed by atoms with van der Waals surface area (Å²) in [5.41, 5.74) is 0. The summed E-state index contributed by atoms with van der Waals surface area (Å²) in [4.78, 5) is 23.1. The molecule has 29 heavy (non-hydrogen) atoms. The van der Waals surface area contributed by atoms with Crippen LogP contribution in [0.15, 0.2) is 0 Å². The molecule has 1 aliphatic carbocycles. The van der Waals surface area contributed by atoms with Gasteiger partial charge in [-0.25, -0.2) is 9.48 Å². The fourth-order valence-electron chi connectivity index (χ4n) is 3.71. The number of aromatic nitrogens is 4. The van der Waals surface area contributed by atoms with Gasteiger partial charge in [-0.1, -0.05) is 19.3 Å². The Labute approximate surface area is 166 Å². The summed E-state index contributed by atoms with van der Waals surface area (Å²) in [6.07, 6.45) is -2.60. The molecule has 162 valence electrons. The number of carbonyl (C=O) groups is 2. The molecule has 0 bridgehead atoms. The van der Waals surface area contributed by atoms with Crippen LogP contribution in [-0.4, -0.2) is 83.3 Å². The van der Waals surface area contributed by atoms with E-state index in [9.17, 15) is 24.9 Å². The number of tetrazole rings is 1. The highest BCUT2D eigenvalue weighted by Crippen LogP contribution is 2.28. The Morgan fingerprint density at radius 2 is 1.83 bits per heavy atom. The van der Waals surface area contributed by atoms with Crippen molar-refractivity contribution in [2.75, 3.05) is 0 Å². The fourth-order valence-corrected chi connectivity index (χ4v) is 3.71. The molecule has 1 saturated heterocycles. The average molecular weight is 414 g/mol. The van der Waals surface area contributed by atoms with E-state index in [0.717, 1.165) is 25.7 Å². The predicted octanol–water partition coefficient (Wildman–Crippen LogP) is -1.06. The second-order valence-electron chi connectivity index (χ2n) is 7.41. The van der Waals surface area contributed by atoms with Crippen LogP contribution < -0.4 is 0 Å². The number of rotatable bonds is 7. The van der Waals surface area contributed by atoms with E-state index in [-0.39, 0.29) is 12.5 Å². The first kappa shape index (κ1) is 21.6. The number of ether oxygens (including phenoxy) is 2. The van der Waals surface area contributed by atoms with Crippen molar-refractivity contribution in [1.82, 2.24) is 20.2 Å². The summed E-state index contributed by atoms with van der Waals surface area (Å²) in [5, 5.41) is 50.1. The van der Waals surface area contributed by atoms with Gasteiger partial charge in [-0.2, -0.15) is 0 Å². The largest absolute Gasteiger partial charge is 0.479 e. The van der Waals surface area contributed by atoms with Crippen LogP contribution >= 0.6 is 0 Å². The van der Waals surface area contributed by atoms with Crippen molar-refractivity contribution in [2.24, 2.45) is 0 Å². The maximum atomic E-state index is 12.1. The molecule has 0 radical (unpaired) electrons. The Kier molecular flexibility index (Phi) is 7.11. The molecule has 3 rings (SSSR count). The van der Waals surface area contributed by atoms with Crippen LogP contribution in [0.4, 0.5) is 0 Å². The number of hydrogen-bond acceptors (Lipinski definition) is 10. The molecule has 1 aromatic rings. The van der Waals surface area contributed by atoms with Crippen LogP contribution in [-0.2, 0) is 25.5 Å². The third-order valence-corrected chi connectivity index (χ3v) is 5.32. The molecule has 2 aliphatic rings. The van der Waals surface area contributed by atoms with Crippen molar-refractivity contribution in [2.45, 2.75) is 88.1 Å². The molecule has 1 aromatic heterocycles. The zero-order valence-electron chi connectivity index (χ0n) is 15.8. The van der Waals surface area contributed by atoms with E-state index in [1.807, 2.05) is 4.68 Å². The van der Waals surface area contributed by atoms with Crippen LogP contribution in [0.1, 0.15) is 56.8 Å². The van der Waals surface area contributed by atoms with Crippen LogP contribution in [0, 0.1) is 0 Å². The molecule has 2 heterocycles. The third-order valence-electron chi connectivity index (χ3n) is 5.32. The lowest BCUT2D eigenvalue weighted by Crippen LogP contribution is -2.60. The van der Waals surface area contributed by atoms with Crippen molar-refractivity contribution in [3.63, 3.8) is 0 Å². The number of esters is 1. The van der Waals surface area contributed by atoms with Crippen molar-refractivity contribution >= 4 is 11.9 Å². The SMILES string of the molecule is O=C(CCCc1nnnn1C1CCCCC1)OC1OC(C(=O)O)C(O)C(O)C1O. The molecule has 5 atom stereocenters. The van der Waals surface area contributed by atoms with Crippen LogP contribution in [0.3, 0.4) is 0 Å². The first-order chi connectivity index (χ1) is 13.9. The van der Waals surface area contributed by atoms with Crippen molar-refractivity contribution < 1.29 is 39.5 Å². The second-order valence-corrected chi connectivity index (χ2v) is 7.41. The van der Waals surface area contributed by atoms with E-state index in [1.54, 1.807) is 0 Å². The van der Waals surface area contributed by atoms with Gasteiger partial charge >= 0.3 is 11.9 Å². The summed E-state index contributed by atoms with van der Waals surface area (Å²) in [6, 6.07) is 0.271. The quantitative estimate of drug-likeness (QED) is 0.400. The molecule has 12 nitrogen and oxygen atoms in total. The highest BCUT2D eigenvalue weighted by Gasteiger charge is 2.48. The molecule has 0 amide bonds. The van der Waals surface area contributed by atoms with Gasteiger partial charge in [-0.05, 0) is 29.7 Å². The second kappa shape index (κ2) is 9.57. The van der Waals surface area contributed by atoms with Crippen molar-refractivity contribution in [3.05, 3.63) is 5.82 Å². The monoisotopic (exact) mass is 414 g/mol. The van der Waals surface area contributed by atoms with Crippen LogP contribution in [0.25, 0.3) is 0 Å². The van der Waals surface area contributed by atoms with Gasteiger partial charge in [-0.3, -0.25) is 4.79 Å². The van der Waals surface area contributed by atoms with E-state index in [0.29, 0.717) is 18.7 Å². The molecule has 1 aliphatic heterocycles. The average Bonchev–Trinajstić information content (AvgIpc) is 3.17. The number of aliphatic hydroxyl groups excluding tert-OH is 3. The first-order valence-electron chi connectivity index (χ1n) is 9.77. The molecule has 2 fully saturated rings. The zero-order chi connectivity index (χ0) is 21.0. The van der Waals surface area contributed by atoms with Gasteiger partial charge in [0.25, 0.3) is 0 Å². The number of aliphatic hydroxyl groups is 3. The van der Waals surface area contributed by atoms with E-state index >= 15 is 0 Å². The van der Waals surface area contributed by atoms with Gasteiger partial charge in [-0.15, -0.1) is 5.10 Å². The van der Waals surface area contributed by atoms with Crippen LogP contribution in [0.5, 0.6) is 0 Å². The van der Waals surface area contributed by atoms with Gasteiger partial charge in [0.05, 0.1) is 6.04 Å². The highest BCUT2D eigenvalue weighted by atomic mass is 16.7.